The van der Waals surface area contributed by atoms with E-state index in [9.17, 15) is 0 Å². The molecule has 1 aliphatic carbocycles. The first-order chi connectivity index (χ1) is 11.5. The van der Waals surface area contributed by atoms with E-state index < -0.39 is 0 Å². The Bertz CT molecular complexity index is 776. The van der Waals surface area contributed by atoms with Gasteiger partial charge in [-0.25, -0.2) is 0 Å². The second kappa shape index (κ2) is 5.56. The summed E-state index contributed by atoms with van der Waals surface area (Å²) in [5.41, 5.74) is 7.16. The third-order valence-electron chi connectivity index (χ3n) is 5.76. The smallest absolute Gasteiger partial charge is 0.0346 e. The summed E-state index contributed by atoms with van der Waals surface area (Å²) in [6.07, 6.45) is 6.09. The molecule has 0 radical (unpaired) electrons. The van der Waals surface area contributed by atoms with Gasteiger partial charge in [-0.1, -0.05) is 43.7 Å². The van der Waals surface area contributed by atoms with E-state index in [0.29, 0.717) is 23.4 Å². The standard InChI is InChI=1S/C22H26N2/c1-14(2)11-18-21-20-16(15-7-6-10-23-13-15)8-5-9-17(20)19(24-18)12-22(21,3)4/h5-10,13,18-19,21,24H,1,11-12H2,2-4H3. The number of nitrogens with one attached hydrogen (secondary N) is 1. The lowest BCUT2D eigenvalue weighted by atomic mass is 9.57. The number of rotatable bonds is 3. The van der Waals surface area contributed by atoms with Crippen LogP contribution in [0.15, 0.2) is 54.9 Å². The molecule has 1 aromatic heterocycles. The minimum atomic E-state index is 0.293. The first-order valence-electron chi connectivity index (χ1n) is 8.91. The maximum absolute atomic E-state index is 4.35. The van der Waals surface area contributed by atoms with Gasteiger partial charge in [0.15, 0.2) is 0 Å². The van der Waals surface area contributed by atoms with Gasteiger partial charge in [-0.15, -0.1) is 6.58 Å². The Morgan fingerprint density at radius 2 is 2.12 bits per heavy atom. The highest BCUT2D eigenvalue weighted by atomic mass is 15.0. The molecular formula is C22H26N2. The van der Waals surface area contributed by atoms with Crippen molar-refractivity contribution >= 4 is 0 Å². The maximum atomic E-state index is 4.35. The Kier molecular flexibility index (Phi) is 3.61. The van der Waals surface area contributed by atoms with Gasteiger partial charge >= 0.3 is 0 Å². The molecule has 0 saturated carbocycles. The average Bonchev–Trinajstić information content (AvgIpc) is 2.53. The zero-order valence-electron chi connectivity index (χ0n) is 14.8. The number of hydrogen-bond acceptors (Lipinski definition) is 2. The number of hydrogen-bond donors (Lipinski definition) is 1. The van der Waals surface area contributed by atoms with Crippen molar-refractivity contribution in [3.63, 3.8) is 0 Å². The lowest BCUT2D eigenvalue weighted by Crippen LogP contribution is -2.54. The van der Waals surface area contributed by atoms with Crippen molar-refractivity contribution in [1.29, 1.82) is 0 Å². The van der Waals surface area contributed by atoms with Crippen molar-refractivity contribution in [2.45, 2.75) is 51.6 Å². The molecule has 1 aromatic carbocycles. The van der Waals surface area contributed by atoms with Gasteiger partial charge < -0.3 is 5.32 Å². The van der Waals surface area contributed by atoms with Crippen LogP contribution in [0.2, 0.25) is 0 Å². The molecule has 0 amide bonds. The van der Waals surface area contributed by atoms with Crippen LogP contribution in [0.4, 0.5) is 0 Å². The van der Waals surface area contributed by atoms with Crippen LogP contribution >= 0.6 is 0 Å². The molecule has 2 aromatic rings. The zero-order chi connectivity index (χ0) is 16.9. The molecule has 3 unspecified atom stereocenters. The van der Waals surface area contributed by atoms with E-state index in [-0.39, 0.29) is 0 Å². The largest absolute Gasteiger partial charge is 0.306 e. The van der Waals surface area contributed by atoms with Gasteiger partial charge in [-0.3, -0.25) is 4.98 Å². The molecule has 2 heteroatoms. The highest BCUT2D eigenvalue weighted by molar-refractivity contribution is 5.70. The molecule has 0 spiro atoms. The summed E-state index contributed by atoms with van der Waals surface area (Å²) in [5.74, 6) is 0.505. The monoisotopic (exact) mass is 318 g/mol. The Labute approximate surface area is 145 Å². The van der Waals surface area contributed by atoms with Crippen LogP contribution in [-0.2, 0) is 0 Å². The van der Waals surface area contributed by atoms with Gasteiger partial charge in [0.1, 0.15) is 0 Å². The van der Waals surface area contributed by atoms with Crippen molar-refractivity contribution < 1.29 is 0 Å². The molecule has 124 valence electrons. The fraction of sp³-hybridized carbons (Fsp3) is 0.409. The van der Waals surface area contributed by atoms with Crippen molar-refractivity contribution in [2.24, 2.45) is 5.41 Å². The van der Waals surface area contributed by atoms with E-state index in [4.69, 9.17) is 0 Å². The summed E-state index contributed by atoms with van der Waals surface area (Å²) < 4.78 is 0. The summed E-state index contributed by atoms with van der Waals surface area (Å²) in [4.78, 5) is 4.35. The Balaban J connectivity index is 1.90. The molecule has 1 saturated heterocycles. The van der Waals surface area contributed by atoms with E-state index in [1.54, 1.807) is 0 Å². The fourth-order valence-corrected chi connectivity index (χ4v) is 4.96. The summed E-state index contributed by atoms with van der Waals surface area (Å²) in [7, 11) is 0. The van der Waals surface area contributed by atoms with E-state index in [1.165, 1.54) is 34.2 Å². The summed E-state index contributed by atoms with van der Waals surface area (Å²) >= 11 is 0. The number of aromatic nitrogens is 1. The molecule has 3 heterocycles. The molecule has 2 nitrogen and oxygen atoms in total. The number of nitrogens with zero attached hydrogens (tertiary/aromatic N) is 1. The van der Waals surface area contributed by atoms with Crippen molar-refractivity contribution in [2.75, 3.05) is 0 Å². The number of piperidine rings is 1. The van der Waals surface area contributed by atoms with Crippen LogP contribution in [0.5, 0.6) is 0 Å². The second-order valence-corrected chi connectivity index (χ2v) is 8.21. The van der Waals surface area contributed by atoms with Gasteiger partial charge in [0, 0.05) is 36.0 Å². The van der Waals surface area contributed by atoms with E-state index in [1.807, 2.05) is 18.5 Å². The van der Waals surface area contributed by atoms with Gasteiger partial charge in [0.25, 0.3) is 0 Å². The molecule has 2 aliphatic heterocycles. The van der Waals surface area contributed by atoms with Gasteiger partial charge in [0.05, 0.1) is 0 Å². The predicted octanol–water partition coefficient (Wildman–Crippen LogP) is 5.24. The molecule has 24 heavy (non-hydrogen) atoms. The van der Waals surface area contributed by atoms with Crippen LogP contribution in [0.3, 0.4) is 0 Å². The van der Waals surface area contributed by atoms with E-state index >= 15 is 0 Å². The van der Waals surface area contributed by atoms with Crippen molar-refractivity contribution in [3.8, 4) is 11.1 Å². The Hall–Kier alpha value is -1.93. The summed E-state index contributed by atoms with van der Waals surface area (Å²) in [5, 5.41) is 3.90. The maximum Gasteiger partial charge on any atom is 0.0346 e. The van der Waals surface area contributed by atoms with Crippen molar-refractivity contribution in [3.05, 3.63) is 66.0 Å². The Morgan fingerprint density at radius 1 is 1.29 bits per heavy atom. The van der Waals surface area contributed by atoms with Crippen molar-refractivity contribution in [1.82, 2.24) is 10.3 Å². The highest BCUT2D eigenvalue weighted by Crippen LogP contribution is 2.57. The third kappa shape index (κ3) is 2.41. The first-order valence-corrected chi connectivity index (χ1v) is 8.91. The SMILES string of the molecule is C=C(C)CC1NC2CC(C)(C)C1c1c(-c3cccnc3)cccc12. The average molecular weight is 318 g/mol. The third-order valence-corrected chi connectivity index (χ3v) is 5.76. The van der Waals surface area contributed by atoms with Crippen LogP contribution in [0, 0.1) is 5.41 Å². The summed E-state index contributed by atoms with van der Waals surface area (Å²) in [6, 6.07) is 11.9. The quantitative estimate of drug-likeness (QED) is 0.783. The first kappa shape index (κ1) is 15.6. The molecule has 5 rings (SSSR count). The lowest BCUT2D eigenvalue weighted by Gasteiger charge is -2.55. The lowest BCUT2D eigenvalue weighted by molar-refractivity contribution is 0.104. The van der Waals surface area contributed by atoms with Crippen LogP contribution in [0.25, 0.3) is 11.1 Å². The molecule has 1 fully saturated rings. The molecular weight excluding hydrogens is 292 g/mol. The van der Waals surface area contributed by atoms with E-state index in [0.717, 1.165) is 6.42 Å². The van der Waals surface area contributed by atoms with Crippen LogP contribution < -0.4 is 5.32 Å². The number of benzene rings is 1. The van der Waals surface area contributed by atoms with Gasteiger partial charge in [-0.2, -0.15) is 0 Å². The highest BCUT2D eigenvalue weighted by Gasteiger charge is 2.50. The summed E-state index contributed by atoms with van der Waals surface area (Å²) in [6.45, 7) is 11.2. The minimum absolute atomic E-state index is 0.293. The van der Waals surface area contributed by atoms with Crippen LogP contribution in [-0.4, -0.2) is 11.0 Å². The van der Waals surface area contributed by atoms with E-state index in [2.05, 4.69) is 61.9 Å². The Morgan fingerprint density at radius 3 is 2.83 bits per heavy atom. The molecule has 3 aliphatic rings. The molecule has 3 atom stereocenters. The predicted molar refractivity (Wildman–Crippen MR) is 99.9 cm³/mol. The number of fused-ring (bicyclic) bond motifs is 2. The topological polar surface area (TPSA) is 24.9 Å². The number of pyridine rings is 1. The van der Waals surface area contributed by atoms with Gasteiger partial charge in [-0.05, 0) is 47.9 Å². The normalized spacial score (nSPS) is 26.9. The molecule has 1 N–H and O–H groups in total. The van der Waals surface area contributed by atoms with Crippen LogP contribution in [0.1, 0.15) is 56.7 Å². The minimum Gasteiger partial charge on any atom is -0.306 e. The molecule has 2 bridgehead atoms. The zero-order valence-corrected chi connectivity index (χ0v) is 14.8. The fourth-order valence-electron chi connectivity index (χ4n) is 4.96. The van der Waals surface area contributed by atoms with Gasteiger partial charge in [0.2, 0.25) is 0 Å². The second-order valence-electron chi connectivity index (χ2n) is 8.21.